The lowest BCUT2D eigenvalue weighted by Gasteiger charge is -2.33. The molecule has 2 aromatic carbocycles. The molecule has 0 saturated carbocycles. The molecule has 9 heteroatoms. The van der Waals surface area contributed by atoms with Gasteiger partial charge in [0.15, 0.2) is 11.3 Å². The predicted molar refractivity (Wildman–Crippen MR) is 141 cm³/mol. The summed E-state index contributed by atoms with van der Waals surface area (Å²) in [6.07, 6.45) is -0.185. The Bertz CT molecular complexity index is 1600. The van der Waals surface area contributed by atoms with E-state index in [9.17, 15) is 9.59 Å². The summed E-state index contributed by atoms with van der Waals surface area (Å²) >= 11 is 1.51. The highest BCUT2D eigenvalue weighted by molar-refractivity contribution is 7.12. The third-order valence-electron chi connectivity index (χ3n) is 6.51. The molecule has 2 aromatic heterocycles. The Hall–Kier alpha value is -3.82. The number of aryl methyl sites for hydroxylation is 2. The molecule has 1 aliphatic heterocycles. The lowest BCUT2D eigenvalue weighted by atomic mass is 10.0. The van der Waals surface area contributed by atoms with Gasteiger partial charge in [-0.2, -0.15) is 0 Å². The van der Waals surface area contributed by atoms with Gasteiger partial charge in [0.05, 0.1) is 29.1 Å². The molecule has 0 aliphatic carbocycles. The summed E-state index contributed by atoms with van der Waals surface area (Å²) in [5.74, 6) is 0.417. The monoisotopic (exact) mass is 501 g/mol. The Morgan fingerprint density at radius 2 is 1.94 bits per heavy atom. The van der Waals surface area contributed by atoms with E-state index in [0.717, 1.165) is 21.6 Å². The number of nitrogens with one attached hydrogen (secondary N) is 2. The zero-order valence-corrected chi connectivity index (χ0v) is 21.2. The van der Waals surface area contributed by atoms with Crippen LogP contribution in [0, 0.1) is 19.3 Å². The minimum Gasteiger partial charge on any atom is -0.370 e. The second kappa shape index (κ2) is 9.67. The molecular weight excluding hydrogens is 474 g/mol. The number of nitrogens with zero attached hydrogens (tertiary/aromatic N) is 3. The minimum absolute atomic E-state index is 0.112. The van der Waals surface area contributed by atoms with Crippen molar-refractivity contribution < 1.29 is 9.53 Å². The zero-order chi connectivity index (χ0) is 25.4. The predicted octanol–water partition coefficient (Wildman–Crippen LogP) is 3.63. The molecule has 8 nitrogen and oxygen atoms in total. The van der Waals surface area contributed by atoms with Crippen molar-refractivity contribution in [1.82, 2.24) is 14.5 Å². The van der Waals surface area contributed by atoms with Gasteiger partial charge in [0, 0.05) is 19.2 Å². The molecule has 1 fully saturated rings. The van der Waals surface area contributed by atoms with E-state index in [1.807, 2.05) is 61.7 Å². The van der Waals surface area contributed by atoms with Gasteiger partial charge in [-0.1, -0.05) is 30.3 Å². The number of aromatic nitrogens is 2. The van der Waals surface area contributed by atoms with Gasteiger partial charge in [0.1, 0.15) is 6.10 Å². The van der Waals surface area contributed by atoms with E-state index >= 15 is 0 Å². The lowest BCUT2D eigenvalue weighted by Crippen LogP contribution is -2.43. The number of rotatable bonds is 3. The number of carbonyl (C=O) groups is 1. The number of ether oxygens (including phenoxy) is 1. The van der Waals surface area contributed by atoms with Crippen LogP contribution in [0.25, 0.3) is 11.0 Å². The summed E-state index contributed by atoms with van der Waals surface area (Å²) in [4.78, 5) is 36.3. The largest absolute Gasteiger partial charge is 0.370 e. The molecule has 1 atom stereocenters. The number of thiophene rings is 1. The van der Waals surface area contributed by atoms with E-state index in [1.54, 1.807) is 22.6 Å². The zero-order valence-electron chi connectivity index (χ0n) is 20.4. The molecule has 0 spiro atoms. The van der Waals surface area contributed by atoms with Crippen LogP contribution < -0.4 is 11.0 Å². The average Bonchev–Trinajstić information content (AvgIpc) is 3.32. The van der Waals surface area contributed by atoms with Gasteiger partial charge in [-0.15, -0.1) is 11.3 Å². The van der Waals surface area contributed by atoms with Crippen molar-refractivity contribution in [3.05, 3.63) is 96.9 Å². The van der Waals surface area contributed by atoms with Gasteiger partial charge < -0.3 is 14.6 Å². The third kappa shape index (κ3) is 4.20. The molecule has 1 saturated heterocycles. The lowest BCUT2D eigenvalue weighted by molar-refractivity contribution is -0.0228. The fraction of sp³-hybridized carbons (Fsp3) is 0.259. The first-order valence-electron chi connectivity index (χ1n) is 11.7. The van der Waals surface area contributed by atoms with Crippen molar-refractivity contribution in [3.63, 3.8) is 0 Å². The number of aliphatic imine (C=N–C) groups is 1. The van der Waals surface area contributed by atoms with Crippen molar-refractivity contribution in [3.8, 4) is 0 Å². The minimum atomic E-state index is -0.546. The van der Waals surface area contributed by atoms with Crippen LogP contribution in [0.15, 0.2) is 63.7 Å². The van der Waals surface area contributed by atoms with Crippen LogP contribution in [0.4, 0.5) is 0 Å². The second-order valence-electron chi connectivity index (χ2n) is 8.82. The number of carbonyl (C=O) groups excluding carboxylic acids is 1. The number of aromatic amines is 1. The molecule has 1 aliphatic rings. The smallest absolute Gasteiger partial charge is 0.291 e. The summed E-state index contributed by atoms with van der Waals surface area (Å²) in [5.41, 5.74) is 3.66. The SMILES string of the molecule is C/N=C(/c1sccc1C)n1c(=N)c(=O)[nH]c2cc(C(=O)N3CCOC(c4ccccc4)C3)c(C)cc21. The van der Waals surface area contributed by atoms with Gasteiger partial charge >= 0.3 is 0 Å². The van der Waals surface area contributed by atoms with Crippen molar-refractivity contribution >= 4 is 34.1 Å². The van der Waals surface area contributed by atoms with Crippen molar-refractivity contribution in [1.29, 1.82) is 5.41 Å². The molecule has 2 N–H and O–H groups in total. The number of benzene rings is 2. The Kier molecular flexibility index (Phi) is 6.42. The highest BCUT2D eigenvalue weighted by Crippen LogP contribution is 2.26. The van der Waals surface area contributed by atoms with Crippen LogP contribution in [0.2, 0.25) is 0 Å². The molecule has 184 valence electrons. The highest BCUT2D eigenvalue weighted by atomic mass is 32.1. The number of hydrogen-bond acceptors (Lipinski definition) is 6. The molecular formula is C27H27N5O3S. The number of morpholine rings is 1. The standard InChI is InChI=1S/C27H27N5O3S/c1-16-9-12-36-23(16)25(29-3)32-21-13-17(2)19(14-20(21)30-26(33)24(32)28)27(34)31-10-11-35-22(15-31)18-7-5-4-6-8-18/h4-9,12-14,22,28H,10-11,15H2,1-3H3,(H,30,33)/b28-24?,29-25-. The second-order valence-corrected chi connectivity index (χ2v) is 9.74. The maximum atomic E-state index is 13.6. The average molecular weight is 502 g/mol. The summed E-state index contributed by atoms with van der Waals surface area (Å²) < 4.78 is 7.50. The van der Waals surface area contributed by atoms with Crippen LogP contribution in [0.1, 0.15) is 38.0 Å². The molecule has 4 aromatic rings. The maximum absolute atomic E-state index is 13.6. The van der Waals surface area contributed by atoms with E-state index in [-0.39, 0.29) is 17.5 Å². The van der Waals surface area contributed by atoms with Gasteiger partial charge in [-0.3, -0.25) is 24.6 Å². The van der Waals surface area contributed by atoms with E-state index in [0.29, 0.717) is 42.1 Å². The fourth-order valence-corrected chi connectivity index (χ4v) is 5.56. The number of amides is 1. The van der Waals surface area contributed by atoms with E-state index in [4.69, 9.17) is 10.1 Å². The Morgan fingerprint density at radius 3 is 2.64 bits per heavy atom. The Labute approximate surface area is 212 Å². The van der Waals surface area contributed by atoms with Crippen LogP contribution in [-0.4, -0.2) is 52.9 Å². The summed E-state index contributed by atoms with van der Waals surface area (Å²) in [6.45, 7) is 5.25. The topological polar surface area (TPSA) is 104 Å². The maximum Gasteiger partial charge on any atom is 0.291 e. The molecule has 1 unspecified atom stereocenters. The van der Waals surface area contributed by atoms with Crippen LogP contribution in [0.3, 0.4) is 0 Å². The first-order valence-corrected chi connectivity index (χ1v) is 12.6. The van der Waals surface area contributed by atoms with Gasteiger partial charge in [0.25, 0.3) is 11.5 Å². The first kappa shape index (κ1) is 23.9. The summed E-state index contributed by atoms with van der Waals surface area (Å²) in [6, 6.07) is 15.4. The first-order chi connectivity index (χ1) is 17.4. The Morgan fingerprint density at radius 1 is 1.17 bits per heavy atom. The van der Waals surface area contributed by atoms with E-state index in [1.165, 1.54) is 11.3 Å². The quantitative estimate of drug-likeness (QED) is 0.331. The van der Waals surface area contributed by atoms with Gasteiger partial charge in [-0.25, -0.2) is 0 Å². The van der Waals surface area contributed by atoms with Gasteiger partial charge in [-0.05, 0) is 54.1 Å². The number of fused-ring (bicyclic) bond motifs is 1. The van der Waals surface area contributed by atoms with Crippen LogP contribution >= 0.6 is 11.3 Å². The highest BCUT2D eigenvalue weighted by Gasteiger charge is 2.27. The Balaban J connectivity index is 1.57. The van der Waals surface area contributed by atoms with Crippen LogP contribution in [-0.2, 0) is 4.74 Å². The fourth-order valence-electron chi connectivity index (χ4n) is 4.61. The summed E-state index contributed by atoms with van der Waals surface area (Å²) in [7, 11) is 1.65. The third-order valence-corrected chi connectivity index (χ3v) is 7.53. The molecule has 5 rings (SSSR count). The molecule has 1 amide bonds. The number of H-pyrrole nitrogens is 1. The van der Waals surface area contributed by atoms with Crippen molar-refractivity contribution in [2.45, 2.75) is 20.0 Å². The summed E-state index contributed by atoms with van der Waals surface area (Å²) in [5, 5.41) is 10.5. The van der Waals surface area contributed by atoms with Crippen molar-refractivity contribution in [2.24, 2.45) is 4.99 Å². The number of hydrogen-bond donors (Lipinski definition) is 2. The van der Waals surface area contributed by atoms with Gasteiger partial charge in [0.2, 0.25) is 0 Å². The normalized spacial score (nSPS) is 16.5. The molecule has 0 radical (unpaired) electrons. The molecule has 3 heterocycles. The van der Waals surface area contributed by atoms with Crippen LogP contribution in [0.5, 0.6) is 0 Å². The molecule has 0 bridgehead atoms. The van der Waals surface area contributed by atoms with E-state index in [2.05, 4.69) is 9.98 Å². The van der Waals surface area contributed by atoms with Crippen molar-refractivity contribution in [2.75, 3.05) is 26.7 Å². The van der Waals surface area contributed by atoms with E-state index < -0.39 is 5.56 Å². The molecule has 36 heavy (non-hydrogen) atoms.